The molecule has 0 aliphatic carbocycles. The third kappa shape index (κ3) is 4.87. The summed E-state index contributed by atoms with van der Waals surface area (Å²) in [6.45, 7) is 1.91. The number of aromatic nitrogens is 1. The largest absolute Gasteiger partial charge is 0.344 e. The Bertz CT molecular complexity index is 801. The second-order valence-electron chi connectivity index (χ2n) is 5.85. The summed E-state index contributed by atoms with van der Waals surface area (Å²) in [6.07, 6.45) is 3.48. The average Bonchev–Trinajstić information content (AvgIpc) is 2.69. The maximum atomic E-state index is 12.8. The Hall–Kier alpha value is -2.30. The lowest BCUT2D eigenvalue weighted by Gasteiger charge is -2.22. The van der Waals surface area contributed by atoms with E-state index in [4.69, 9.17) is 11.6 Å². The summed E-state index contributed by atoms with van der Waals surface area (Å²) in [5.74, 6) is -0.0179. The van der Waals surface area contributed by atoms with Crippen LogP contribution in [0.5, 0.6) is 0 Å². The third-order valence-corrected chi connectivity index (χ3v) is 5.32. The van der Waals surface area contributed by atoms with Gasteiger partial charge in [0.25, 0.3) is 0 Å². The van der Waals surface area contributed by atoms with E-state index in [1.165, 1.54) is 11.8 Å². The molecule has 3 nitrogen and oxygen atoms in total. The number of hydrogen-bond donors (Lipinski definition) is 1. The number of thioether (sulfide) groups is 1. The number of nitrogens with one attached hydrogen (secondary N) is 1. The molecule has 3 aromatic rings. The maximum Gasteiger partial charge on any atom is 0.233 e. The second kappa shape index (κ2) is 8.88. The van der Waals surface area contributed by atoms with E-state index < -0.39 is 0 Å². The van der Waals surface area contributed by atoms with Crippen molar-refractivity contribution in [1.82, 2.24) is 10.3 Å². The van der Waals surface area contributed by atoms with Crippen LogP contribution in [0, 0.1) is 0 Å². The lowest BCUT2D eigenvalue weighted by atomic mass is 9.99. The van der Waals surface area contributed by atoms with E-state index in [1.54, 1.807) is 12.4 Å². The van der Waals surface area contributed by atoms with Crippen molar-refractivity contribution in [3.8, 4) is 0 Å². The number of amides is 1. The number of pyridine rings is 1. The van der Waals surface area contributed by atoms with Gasteiger partial charge in [-0.05, 0) is 54.4 Å². The first-order chi connectivity index (χ1) is 12.6. The minimum Gasteiger partial charge on any atom is -0.344 e. The van der Waals surface area contributed by atoms with Crippen LogP contribution in [0.4, 0.5) is 0 Å². The molecule has 0 spiro atoms. The monoisotopic (exact) mass is 382 g/mol. The highest BCUT2D eigenvalue weighted by molar-refractivity contribution is 8.00. The number of halogens is 1. The molecule has 0 radical (unpaired) electrons. The molecule has 26 heavy (non-hydrogen) atoms. The van der Waals surface area contributed by atoms with Crippen LogP contribution < -0.4 is 5.32 Å². The summed E-state index contributed by atoms with van der Waals surface area (Å²) >= 11 is 7.43. The zero-order valence-electron chi connectivity index (χ0n) is 14.3. The van der Waals surface area contributed by atoms with Crippen molar-refractivity contribution in [2.24, 2.45) is 0 Å². The molecule has 0 bridgehead atoms. The zero-order valence-corrected chi connectivity index (χ0v) is 15.9. The lowest BCUT2D eigenvalue weighted by molar-refractivity contribution is -0.120. The molecule has 1 amide bonds. The number of rotatable bonds is 6. The van der Waals surface area contributed by atoms with Crippen LogP contribution >= 0.6 is 23.4 Å². The molecule has 3 rings (SSSR count). The van der Waals surface area contributed by atoms with E-state index >= 15 is 0 Å². The van der Waals surface area contributed by atoms with Gasteiger partial charge >= 0.3 is 0 Å². The van der Waals surface area contributed by atoms with Gasteiger partial charge < -0.3 is 5.32 Å². The van der Waals surface area contributed by atoms with Gasteiger partial charge in [0.15, 0.2) is 0 Å². The molecule has 1 N–H and O–H groups in total. The van der Waals surface area contributed by atoms with Crippen LogP contribution in [-0.4, -0.2) is 16.1 Å². The molecule has 1 aromatic heterocycles. The predicted octanol–water partition coefficient (Wildman–Crippen LogP) is 5.12. The third-order valence-electron chi connectivity index (χ3n) is 3.95. The van der Waals surface area contributed by atoms with Gasteiger partial charge in [-0.2, -0.15) is 0 Å². The molecule has 132 valence electrons. The van der Waals surface area contributed by atoms with Gasteiger partial charge in [0.05, 0.1) is 11.3 Å². The second-order valence-corrected chi connectivity index (χ2v) is 7.70. The smallest absolute Gasteiger partial charge is 0.233 e. The fourth-order valence-corrected chi connectivity index (χ4v) is 3.59. The van der Waals surface area contributed by atoms with Gasteiger partial charge in [-0.1, -0.05) is 41.9 Å². The van der Waals surface area contributed by atoms with Crippen LogP contribution in [0.2, 0.25) is 5.02 Å². The van der Waals surface area contributed by atoms with Gasteiger partial charge in [-0.15, -0.1) is 11.8 Å². The van der Waals surface area contributed by atoms with Crippen molar-refractivity contribution in [3.05, 3.63) is 95.3 Å². The lowest BCUT2D eigenvalue weighted by Crippen LogP contribution is -2.34. The molecule has 0 saturated carbocycles. The Morgan fingerprint density at radius 2 is 1.58 bits per heavy atom. The number of carbonyl (C=O) groups is 1. The fourth-order valence-electron chi connectivity index (χ4n) is 2.59. The number of hydrogen-bond acceptors (Lipinski definition) is 3. The normalized spacial score (nSPS) is 13.0. The Morgan fingerprint density at radius 3 is 2.23 bits per heavy atom. The predicted molar refractivity (Wildman–Crippen MR) is 107 cm³/mol. The summed E-state index contributed by atoms with van der Waals surface area (Å²) < 4.78 is 0. The minimum atomic E-state index is -0.232. The highest BCUT2D eigenvalue weighted by atomic mass is 35.5. The van der Waals surface area contributed by atoms with E-state index in [1.807, 2.05) is 73.7 Å². The van der Waals surface area contributed by atoms with E-state index in [0.717, 1.165) is 16.0 Å². The van der Waals surface area contributed by atoms with Crippen molar-refractivity contribution in [2.45, 2.75) is 23.1 Å². The van der Waals surface area contributed by atoms with Crippen LogP contribution in [0.25, 0.3) is 0 Å². The van der Waals surface area contributed by atoms with Crippen LogP contribution in [0.3, 0.4) is 0 Å². The van der Waals surface area contributed by atoms with Crippen molar-refractivity contribution >= 4 is 29.3 Å². The summed E-state index contributed by atoms with van der Waals surface area (Å²) in [7, 11) is 0. The Kier molecular flexibility index (Phi) is 6.31. The standard InChI is InChI=1S/C21H19ClN2OS/c1-15(26-19-9-7-18(22)8-10-19)21(25)24-20(16-5-3-2-4-6-16)17-11-13-23-14-12-17/h2-15,20H,1H3,(H,24,25). The van der Waals surface area contributed by atoms with E-state index in [9.17, 15) is 4.79 Å². The first-order valence-corrected chi connectivity index (χ1v) is 9.57. The highest BCUT2D eigenvalue weighted by Gasteiger charge is 2.21. The molecule has 0 aliphatic rings. The first kappa shape index (κ1) is 18.5. The molecule has 2 aromatic carbocycles. The van der Waals surface area contributed by atoms with Crippen LogP contribution in [0.15, 0.2) is 84.0 Å². The Labute approximate surface area is 162 Å². The van der Waals surface area contributed by atoms with Gasteiger partial charge in [0.2, 0.25) is 5.91 Å². The SMILES string of the molecule is CC(Sc1ccc(Cl)cc1)C(=O)NC(c1ccccc1)c1ccncc1. The van der Waals surface area contributed by atoms with E-state index in [0.29, 0.717) is 5.02 Å². The quantitative estimate of drug-likeness (QED) is 0.601. The summed E-state index contributed by atoms with van der Waals surface area (Å²) in [5, 5.41) is 3.62. The van der Waals surface area contributed by atoms with Crippen molar-refractivity contribution < 1.29 is 4.79 Å². The molecule has 5 heteroatoms. The highest BCUT2D eigenvalue weighted by Crippen LogP contribution is 2.27. The van der Waals surface area contributed by atoms with E-state index in [-0.39, 0.29) is 17.2 Å². The molecule has 0 saturated heterocycles. The molecule has 2 unspecified atom stereocenters. The van der Waals surface area contributed by atoms with Crippen molar-refractivity contribution in [2.75, 3.05) is 0 Å². The number of carbonyl (C=O) groups excluding carboxylic acids is 1. The van der Waals surface area contributed by atoms with Gasteiger partial charge in [0, 0.05) is 22.3 Å². The fraction of sp³-hybridized carbons (Fsp3) is 0.143. The van der Waals surface area contributed by atoms with Crippen LogP contribution in [-0.2, 0) is 4.79 Å². The molecule has 1 heterocycles. The summed E-state index contributed by atoms with van der Waals surface area (Å²) in [6, 6.07) is 21.1. The van der Waals surface area contributed by atoms with Gasteiger partial charge in [-0.3, -0.25) is 9.78 Å². The average molecular weight is 383 g/mol. The van der Waals surface area contributed by atoms with Crippen LogP contribution in [0.1, 0.15) is 24.1 Å². The van der Waals surface area contributed by atoms with Crippen molar-refractivity contribution in [1.29, 1.82) is 0 Å². The van der Waals surface area contributed by atoms with E-state index in [2.05, 4.69) is 10.3 Å². The molecule has 2 atom stereocenters. The zero-order chi connectivity index (χ0) is 18.4. The maximum absolute atomic E-state index is 12.8. The molecular formula is C21H19ClN2OS. The summed E-state index contributed by atoms with van der Waals surface area (Å²) in [5.41, 5.74) is 2.04. The molecule has 0 aliphatic heterocycles. The number of nitrogens with zero attached hydrogens (tertiary/aromatic N) is 1. The summed E-state index contributed by atoms with van der Waals surface area (Å²) in [4.78, 5) is 17.9. The first-order valence-electron chi connectivity index (χ1n) is 8.31. The van der Waals surface area contributed by atoms with Crippen molar-refractivity contribution in [3.63, 3.8) is 0 Å². The number of benzene rings is 2. The molecule has 0 fully saturated rings. The minimum absolute atomic E-state index is 0.0179. The Balaban J connectivity index is 1.75. The topological polar surface area (TPSA) is 42.0 Å². The Morgan fingerprint density at radius 1 is 0.962 bits per heavy atom. The molecular weight excluding hydrogens is 364 g/mol. The van der Waals surface area contributed by atoms with Gasteiger partial charge in [-0.25, -0.2) is 0 Å². The van der Waals surface area contributed by atoms with Gasteiger partial charge in [0.1, 0.15) is 0 Å².